The maximum atomic E-state index is 4.39. The van der Waals surface area contributed by atoms with E-state index in [1.165, 1.54) is 3.57 Å². The minimum absolute atomic E-state index is 0.525. The summed E-state index contributed by atoms with van der Waals surface area (Å²) in [6, 6.07) is 0.525. The Morgan fingerprint density at radius 2 is 2.36 bits per heavy atom. The Balaban J connectivity index is 2.88. The Morgan fingerprint density at radius 3 is 2.73 bits per heavy atom. The lowest BCUT2D eigenvalue weighted by Crippen LogP contribution is -2.03. The van der Waals surface area contributed by atoms with Gasteiger partial charge in [0, 0.05) is 12.2 Å². The van der Waals surface area contributed by atoms with E-state index in [4.69, 9.17) is 0 Å². The summed E-state index contributed by atoms with van der Waals surface area (Å²) in [7, 11) is 0. The highest BCUT2D eigenvalue weighted by molar-refractivity contribution is 14.1. The molecule has 0 aliphatic rings. The van der Waals surface area contributed by atoms with Gasteiger partial charge in [0.25, 0.3) is 0 Å². The molecule has 1 aromatic heterocycles. The minimum Gasteiger partial charge on any atom is -0.269 e. The first-order valence-electron chi connectivity index (χ1n) is 3.86. The first-order valence-corrected chi connectivity index (χ1v) is 4.94. The van der Waals surface area contributed by atoms with Crippen molar-refractivity contribution in [1.29, 1.82) is 0 Å². The topological polar surface area (TPSA) is 17.8 Å². The molecule has 0 bridgehead atoms. The molecule has 0 N–H and O–H groups in total. The van der Waals surface area contributed by atoms with Crippen LogP contribution in [0.25, 0.3) is 0 Å². The molecular formula is C8H13IN2. The zero-order chi connectivity index (χ0) is 8.43. The van der Waals surface area contributed by atoms with E-state index in [-0.39, 0.29) is 0 Å². The maximum Gasteiger partial charge on any atom is 0.0727 e. The SMILES string of the molecule is CC[C@H](C)n1cc(I)c(C)n1. The number of hydrogen-bond donors (Lipinski definition) is 0. The van der Waals surface area contributed by atoms with Crippen LogP contribution in [0, 0.1) is 10.5 Å². The third-order valence-corrected chi connectivity index (χ3v) is 2.96. The monoisotopic (exact) mass is 264 g/mol. The lowest BCUT2D eigenvalue weighted by Gasteiger charge is -2.07. The Morgan fingerprint density at radius 1 is 1.73 bits per heavy atom. The van der Waals surface area contributed by atoms with Crippen LogP contribution in [0.1, 0.15) is 32.0 Å². The summed E-state index contributed by atoms with van der Waals surface area (Å²) in [4.78, 5) is 0. The number of aromatic nitrogens is 2. The van der Waals surface area contributed by atoms with Crippen molar-refractivity contribution in [3.63, 3.8) is 0 Å². The van der Waals surface area contributed by atoms with E-state index < -0.39 is 0 Å². The van der Waals surface area contributed by atoms with Crippen LogP contribution < -0.4 is 0 Å². The van der Waals surface area contributed by atoms with Gasteiger partial charge in [0.1, 0.15) is 0 Å². The molecule has 0 spiro atoms. The molecule has 3 heteroatoms. The van der Waals surface area contributed by atoms with E-state index in [1.807, 2.05) is 11.6 Å². The third kappa shape index (κ3) is 1.95. The van der Waals surface area contributed by atoms with Gasteiger partial charge in [0.2, 0.25) is 0 Å². The van der Waals surface area contributed by atoms with Crippen molar-refractivity contribution in [2.45, 2.75) is 33.2 Å². The van der Waals surface area contributed by atoms with E-state index >= 15 is 0 Å². The number of hydrogen-bond acceptors (Lipinski definition) is 1. The fourth-order valence-electron chi connectivity index (χ4n) is 0.872. The number of rotatable bonds is 2. The molecule has 0 amide bonds. The van der Waals surface area contributed by atoms with Gasteiger partial charge in [-0.2, -0.15) is 5.10 Å². The predicted molar refractivity (Wildman–Crippen MR) is 54.7 cm³/mol. The second kappa shape index (κ2) is 3.56. The standard InChI is InChI=1S/C8H13IN2/c1-4-6(2)11-5-8(9)7(3)10-11/h5-6H,4H2,1-3H3/t6-/m0/s1. The molecule has 0 radical (unpaired) electrons. The van der Waals surface area contributed by atoms with Gasteiger partial charge < -0.3 is 0 Å². The fraction of sp³-hybridized carbons (Fsp3) is 0.625. The van der Waals surface area contributed by atoms with Crippen LogP contribution in [0.2, 0.25) is 0 Å². The highest BCUT2D eigenvalue weighted by atomic mass is 127. The van der Waals surface area contributed by atoms with Gasteiger partial charge in [0.15, 0.2) is 0 Å². The van der Waals surface area contributed by atoms with Gasteiger partial charge >= 0.3 is 0 Å². The minimum atomic E-state index is 0.525. The molecule has 0 saturated heterocycles. The third-order valence-electron chi connectivity index (χ3n) is 1.90. The summed E-state index contributed by atoms with van der Waals surface area (Å²) < 4.78 is 3.29. The molecule has 0 aromatic carbocycles. The zero-order valence-corrected chi connectivity index (χ0v) is 9.29. The molecule has 0 saturated carbocycles. The van der Waals surface area contributed by atoms with Crippen molar-refractivity contribution >= 4 is 22.6 Å². The molecule has 1 heterocycles. The summed E-state index contributed by atoms with van der Waals surface area (Å²) >= 11 is 2.31. The van der Waals surface area contributed by atoms with Crippen molar-refractivity contribution in [2.75, 3.05) is 0 Å². The van der Waals surface area contributed by atoms with Crippen LogP contribution >= 0.6 is 22.6 Å². The van der Waals surface area contributed by atoms with Crippen LogP contribution in [-0.4, -0.2) is 9.78 Å². The van der Waals surface area contributed by atoms with E-state index in [1.54, 1.807) is 0 Å². The number of nitrogens with zero attached hydrogens (tertiary/aromatic N) is 2. The number of aryl methyl sites for hydroxylation is 1. The Hall–Kier alpha value is -0.0600. The van der Waals surface area contributed by atoms with Crippen LogP contribution in [-0.2, 0) is 0 Å². The molecule has 0 fully saturated rings. The smallest absolute Gasteiger partial charge is 0.0727 e. The quantitative estimate of drug-likeness (QED) is 0.751. The molecule has 62 valence electrons. The summed E-state index contributed by atoms with van der Waals surface area (Å²) in [5, 5.41) is 4.39. The van der Waals surface area contributed by atoms with Crippen molar-refractivity contribution in [1.82, 2.24) is 9.78 Å². The summed E-state index contributed by atoms with van der Waals surface area (Å²) in [5.74, 6) is 0. The van der Waals surface area contributed by atoms with Gasteiger partial charge in [-0.25, -0.2) is 0 Å². The normalized spacial score (nSPS) is 13.5. The van der Waals surface area contributed by atoms with Crippen LogP contribution in [0.5, 0.6) is 0 Å². The van der Waals surface area contributed by atoms with Crippen molar-refractivity contribution in [3.8, 4) is 0 Å². The van der Waals surface area contributed by atoms with Gasteiger partial charge in [0.05, 0.1) is 9.26 Å². The molecular weight excluding hydrogens is 251 g/mol. The Labute approximate surface area is 81.1 Å². The van der Waals surface area contributed by atoms with Gasteiger partial charge in [-0.05, 0) is 42.9 Å². The van der Waals surface area contributed by atoms with Crippen LogP contribution in [0.4, 0.5) is 0 Å². The van der Waals surface area contributed by atoms with Crippen LogP contribution in [0.3, 0.4) is 0 Å². The zero-order valence-electron chi connectivity index (χ0n) is 7.13. The summed E-state index contributed by atoms with van der Waals surface area (Å²) in [5.41, 5.74) is 1.13. The van der Waals surface area contributed by atoms with Gasteiger partial charge in [-0.15, -0.1) is 0 Å². The summed E-state index contributed by atoms with van der Waals surface area (Å²) in [6.45, 7) is 6.40. The summed E-state index contributed by atoms with van der Waals surface area (Å²) in [6.07, 6.45) is 3.24. The molecule has 0 unspecified atom stereocenters. The maximum absolute atomic E-state index is 4.39. The second-order valence-electron chi connectivity index (χ2n) is 2.80. The van der Waals surface area contributed by atoms with E-state index in [0.29, 0.717) is 6.04 Å². The van der Waals surface area contributed by atoms with Gasteiger partial charge in [-0.1, -0.05) is 6.92 Å². The second-order valence-corrected chi connectivity index (χ2v) is 3.96. The van der Waals surface area contributed by atoms with Crippen molar-refractivity contribution < 1.29 is 0 Å². The first-order chi connectivity index (χ1) is 5.15. The lowest BCUT2D eigenvalue weighted by molar-refractivity contribution is 0.475. The average Bonchev–Trinajstić information content (AvgIpc) is 2.31. The molecule has 0 aliphatic carbocycles. The van der Waals surface area contributed by atoms with E-state index in [9.17, 15) is 0 Å². The average molecular weight is 264 g/mol. The van der Waals surface area contributed by atoms with Crippen molar-refractivity contribution in [3.05, 3.63) is 15.5 Å². The fourth-order valence-corrected chi connectivity index (χ4v) is 1.27. The van der Waals surface area contributed by atoms with Crippen molar-refractivity contribution in [2.24, 2.45) is 0 Å². The van der Waals surface area contributed by atoms with E-state index in [2.05, 4.69) is 47.7 Å². The largest absolute Gasteiger partial charge is 0.269 e. The molecule has 2 nitrogen and oxygen atoms in total. The molecule has 1 atom stereocenters. The Bertz CT molecular complexity index is 223. The van der Waals surface area contributed by atoms with Crippen LogP contribution in [0.15, 0.2) is 6.20 Å². The first kappa shape index (κ1) is 9.03. The number of halogens is 1. The Kier molecular flexibility index (Phi) is 2.92. The lowest BCUT2D eigenvalue weighted by atomic mass is 10.3. The van der Waals surface area contributed by atoms with E-state index in [0.717, 1.165) is 12.1 Å². The molecule has 11 heavy (non-hydrogen) atoms. The predicted octanol–water partition coefficient (Wildman–Crippen LogP) is 2.77. The molecule has 1 aromatic rings. The molecule has 0 aliphatic heterocycles. The molecule has 1 rings (SSSR count). The highest BCUT2D eigenvalue weighted by Crippen LogP contribution is 2.14. The van der Waals surface area contributed by atoms with Gasteiger partial charge in [-0.3, -0.25) is 4.68 Å². The highest BCUT2D eigenvalue weighted by Gasteiger charge is 2.05.